The summed E-state index contributed by atoms with van der Waals surface area (Å²) in [6.45, 7) is 0. The monoisotopic (exact) mass is 437 g/mol. The van der Waals surface area contributed by atoms with E-state index in [2.05, 4.69) is 4.72 Å². The van der Waals surface area contributed by atoms with Crippen molar-refractivity contribution in [3.63, 3.8) is 0 Å². The van der Waals surface area contributed by atoms with Crippen LogP contribution in [0.5, 0.6) is 11.5 Å². The maximum Gasteiger partial charge on any atom is 0.262 e. The Morgan fingerprint density at radius 2 is 1.58 bits per heavy atom. The van der Waals surface area contributed by atoms with Crippen LogP contribution < -0.4 is 19.6 Å². The van der Waals surface area contributed by atoms with Gasteiger partial charge in [-0.15, -0.1) is 0 Å². The molecule has 158 valence electrons. The van der Waals surface area contributed by atoms with Crippen LogP contribution in [0.25, 0.3) is 22.3 Å². The molecule has 1 N–H and O–H groups in total. The molecule has 31 heavy (non-hydrogen) atoms. The van der Waals surface area contributed by atoms with Crippen molar-refractivity contribution < 1.29 is 22.3 Å². The minimum atomic E-state index is -3.92. The highest BCUT2D eigenvalue weighted by atomic mass is 32.2. The minimum Gasteiger partial charge on any atom is -0.493 e. The largest absolute Gasteiger partial charge is 0.493 e. The lowest BCUT2D eigenvalue weighted by Crippen LogP contribution is -2.13. The van der Waals surface area contributed by atoms with Crippen molar-refractivity contribution in [2.24, 2.45) is 0 Å². The van der Waals surface area contributed by atoms with Crippen LogP contribution in [-0.4, -0.2) is 22.6 Å². The summed E-state index contributed by atoms with van der Waals surface area (Å²) in [6, 6.07) is 19.5. The van der Waals surface area contributed by atoms with Gasteiger partial charge >= 0.3 is 0 Å². The third-order valence-corrected chi connectivity index (χ3v) is 6.08. The molecule has 0 radical (unpaired) electrons. The summed E-state index contributed by atoms with van der Waals surface area (Å²) < 4.78 is 44.4. The Kier molecular flexibility index (Phi) is 5.39. The van der Waals surface area contributed by atoms with E-state index in [1.54, 1.807) is 0 Å². The first-order valence-electron chi connectivity index (χ1n) is 9.29. The Morgan fingerprint density at radius 3 is 2.29 bits per heavy atom. The molecule has 0 amide bonds. The Morgan fingerprint density at radius 1 is 0.839 bits per heavy atom. The van der Waals surface area contributed by atoms with Crippen molar-refractivity contribution in [3.8, 4) is 22.8 Å². The molecule has 0 aliphatic rings. The molecule has 0 unspecified atom stereocenters. The zero-order valence-corrected chi connectivity index (χ0v) is 17.6. The smallest absolute Gasteiger partial charge is 0.262 e. The Labute approximate surface area is 178 Å². The predicted molar refractivity (Wildman–Crippen MR) is 118 cm³/mol. The first-order chi connectivity index (χ1) is 14.9. The maximum atomic E-state index is 12.9. The van der Waals surface area contributed by atoms with Crippen LogP contribution in [0.2, 0.25) is 0 Å². The molecular formula is C23H19NO6S. The van der Waals surface area contributed by atoms with Crippen molar-refractivity contribution >= 4 is 26.7 Å². The first-order valence-corrected chi connectivity index (χ1v) is 10.8. The average molecular weight is 437 g/mol. The van der Waals surface area contributed by atoms with Crippen molar-refractivity contribution in [1.29, 1.82) is 0 Å². The number of hydrogen-bond donors (Lipinski definition) is 1. The van der Waals surface area contributed by atoms with E-state index in [4.69, 9.17) is 13.9 Å². The molecule has 0 spiro atoms. The van der Waals surface area contributed by atoms with E-state index in [9.17, 15) is 13.2 Å². The van der Waals surface area contributed by atoms with Crippen molar-refractivity contribution in [3.05, 3.63) is 83.0 Å². The fourth-order valence-corrected chi connectivity index (χ4v) is 4.23. The Hall–Kier alpha value is -3.78. The van der Waals surface area contributed by atoms with Crippen molar-refractivity contribution in [2.75, 3.05) is 18.9 Å². The number of ether oxygens (including phenoxy) is 2. The third-order valence-electron chi connectivity index (χ3n) is 4.71. The van der Waals surface area contributed by atoms with Gasteiger partial charge in [0.2, 0.25) is 0 Å². The highest BCUT2D eigenvalue weighted by molar-refractivity contribution is 7.92. The van der Waals surface area contributed by atoms with Gasteiger partial charge in [0.25, 0.3) is 10.0 Å². The lowest BCUT2D eigenvalue weighted by Gasteiger charge is -2.12. The highest BCUT2D eigenvalue weighted by Gasteiger charge is 2.18. The topological polar surface area (TPSA) is 94.8 Å². The lowest BCUT2D eigenvalue weighted by molar-refractivity contribution is 0.354. The van der Waals surface area contributed by atoms with Gasteiger partial charge in [0.15, 0.2) is 16.9 Å². The summed E-state index contributed by atoms with van der Waals surface area (Å²) >= 11 is 0. The van der Waals surface area contributed by atoms with E-state index in [1.807, 2.05) is 30.3 Å². The average Bonchev–Trinajstić information content (AvgIpc) is 2.78. The molecule has 0 bridgehead atoms. The van der Waals surface area contributed by atoms with Gasteiger partial charge in [-0.1, -0.05) is 30.3 Å². The number of nitrogens with one attached hydrogen (secondary N) is 1. The minimum absolute atomic E-state index is 0.00439. The molecule has 0 aliphatic carbocycles. The molecule has 4 rings (SSSR count). The number of rotatable bonds is 6. The molecule has 7 nitrogen and oxygen atoms in total. The van der Waals surface area contributed by atoms with Crippen LogP contribution in [0.1, 0.15) is 0 Å². The van der Waals surface area contributed by atoms with Gasteiger partial charge < -0.3 is 13.9 Å². The van der Waals surface area contributed by atoms with Gasteiger partial charge in [0.1, 0.15) is 11.3 Å². The summed E-state index contributed by atoms with van der Waals surface area (Å²) in [7, 11) is -1.02. The maximum absolute atomic E-state index is 12.9. The molecule has 1 aromatic heterocycles. The number of sulfonamides is 1. The van der Waals surface area contributed by atoms with Gasteiger partial charge in [-0.3, -0.25) is 9.52 Å². The summed E-state index contributed by atoms with van der Waals surface area (Å²) in [5, 5.41) is 0.355. The zero-order valence-electron chi connectivity index (χ0n) is 16.8. The van der Waals surface area contributed by atoms with Gasteiger partial charge in [-0.05, 0) is 24.3 Å². The molecule has 3 aromatic carbocycles. The fraction of sp³-hybridized carbons (Fsp3) is 0.0870. The molecular weight excluding hydrogens is 418 g/mol. The summed E-state index contributed by atoms with van der Waals surface area (Å²) in [4.78, 5) is 12.5. The standard InChI is InChI=1S/C23H19NO6S/c1-28-20-11-9-17(13-23(20)29-2)31(26,27)24-16-8-10-18-19(25)14-21(30-22(18)12-16)15-6-4-3-5-7-15/h3-14,24H,1-2H3. The number of methoxy groups -OCH3 is 2. The van der Waals surface area contributed by atoms with E-state index in [-0.39, 0.29) is 21.6 Å². The third kappa shape index (κ3) is 4.10. The van der Waals surface area contributed by atoms with Crippen LogP contribution in [0.3, 0.4) is 0 Å². The molecule has 8 heteroatoms. The second-order valence-electron chi connectivity index (χ2n) is 6.67. The van der Waals surface area contributed by atoms with E-state index < -0.39 is 10.0 Å². The number of fused-ring (bicyclic) bond motifs is 1. The van der Waals surface area contributed by atoms with Gasteiger partial charge in [-0.2, -0.15) is 0 Å². The molecule has 0 saturated heterocycles. The first kappa shape index (κ1) is 20.5. The van der Waals surface area contributed by atoms with Gasteiger partial charge in [0.05, 0.1) is 30.2 Å². The van der Waals surface area contributed by atoms with Crippen LogP contribution in [-0.2, 0) is 10.0 Å². The predicted octanol–water partition coefficient (Wildman–Crippen LogP) is 4.28. The highest BCUT2D eigenvalue weighted by Crippen LogP contribution is 2.31. The second-order valence-corrected chi connectivity index (χ2v) is 8.36. The van der Waals surface area contributed by atoms with E-state index in [0.717, 1.165) is 5.56 Å². The van der Waals surface area contributed by atoms with Crippen LogP contribution in [0.15, 0.2) is 86.9 Å². The van der Waals surface area contributed by atoms with Crippen molar-refractivity contribution in [1.82, 2.24) is 0 Å². The van der Waals surface area contributed by atoms with Crippen LogP contribution >= 0.6 is 0 Å². The number of anilines is 1. The number of benzene rings is 3. The Balaban J connectivity index is 1.72. The van der Waals surface area contributed by atoms with Crippen molar-refractivity contribution in [2.45, 2.75) is 4.90 Å². The van der Waals surface area contributed by atoms with Crippen LogP contribution in [0, 0.1) is 0 Å². The molecule has 4 aromatic rings. The normalized spacial score (nSPS) is 11.3. The van der Waals surface area contributed by atoms with Gasteiger partial charge in [-0.25, -0.2) is 8.42 Å². The summed E-state index contributed by atoms with van der Waals surface area (Å²) in [5.41, 5.74) is 1.07. The molecule has 0 aliphatic heterocycles. The summed E-state index contributed by atoms with van der Waals surface area (Å²) in [6.07, 6.45) is 0. The SMILES string of the molecule is COc1ccc(S(=O)(=O)Nc2ccc3c(=O)cc(-c4ccccc4)oc3c2)cc1OC. The lowest BCUT2D eigenvalue weighted by atomic mass is 10.1. The molecule has 0 fully saturated rings. The van der Waals surface area contributed by atoms with Crippen LogP contribution in [0.4, 0.5) is 5.69 Å². The van der Waals surface area contributed by atoms with E-state index in [1.165, 1.54) is 56.7 Å². The fourth-order valence-electron chi connectivity index (χ4n) is 3.16. The summed E-state index contributed by atoms with van der Waals surface area (Å²) in [5.74, 6) is 1.11. The van der Waals surface area contributed by atoms with Gasteiger partial charge in [0, 0.05) is 23.8 Å². The van der Waals surface area contributed by atoms with E-state index in [0.29, 0.717) is 22.6 Å². The zero-order chi connectivity index (χ0) is 22.0. The van der Waals surface area contributed by atoms with E-state index >= 15 is 0 Å². The molecule has 1 heterocycles. The Bertz CT molecular complexity index is 1410. The second kappa shape index (κ2) is 8.16. The molecule has 0 saturated carbocycles. The molecule has 0 atom stereocenters. The number of hydrogen-bond acceptors (Lipinski definition) is 6. The quantitative estimate of drug-likeness (QED) is 0.484.